The Labute approximate surface area is 196 Å². The zero-order chi connectivity index (χ0) is 26.0. The highest BCUT2D eigenvalue weighted by Crippen LogP contribution is 2.31. The third kappa shape index (κ3) is 6.70. The third-order valence-electron chi connectivity index (χ3n) is 5.71. The molecule has 35 heavy (non-hydrogen) atoms. The summed E-state index contributed by atoms with van der Waals surface area (Å²) in [6, 6.07) is -2.01. The van der Waals surface area contributed by atoms with Gasteiger partial charge in [-0.2, -0.15) is 26.3 Å². The van der Waals surface area contributed by atoms with E-state index in [0.717, 1.165) is 0 Å². The second kappa shape index (κ2) is 10.5. The summed E-state index contributed by atoms with van der Waals surface area (Å²) in [6.45, 7) is 1.69. The second-order valence-corrected chi connectivity index (χ2v) is 8.41. The van der Waals surface area contributed by atoms with E-state index in [9.17, 15) is 35.9 Å². The van der Waals surface area contributed by atoms with Crippen LogP contribution in [0.1, 0.15) is 12.5 Å². The van der Waals surface area contributed by atoms with Gasteiger partial charge in [0.25, 0.3) is 0 Å². The molecule has 0 bridgehead atoms. The summed E-state index contributed by atoms with van der Waals surface area (Å²) in [7, 11) is 1.54. The smallest absolute Gasteiger partial charge is 0.370 e. The minimum atomic E-state index is -4.72. The summed E-state index contributed by atoms with van der Waals surface area (Å²) >= 11 is 0. The average molecular weight is 513 g/mol. The first kappa shape index (κ1) is 26.9. The average Bonchev–Trinajstić information content (AvgIpc) is 2.71. The number of hydrogen-bond acceptors (Lipinski definition) is 8. The van der Waals surface area contributed by atoms with Crippen molar-refractivity contribution in [2.45, 2.75) is 37.4 Å². The lowest BCUT2D eigenvalue weighted by Crippen LogP contribution is -2.65. The van der Waals surface area contributed by atoms with Crippen LogP contribution in [0.2, 0.25) is 0 Å². The molecule has 1 aromatic heterocycles. The van der Waals surface area contributed by atoms with Gasteiger partial charge in [0.05, 0.1) is 18.2 Å². The van der Waals surface area contributed by atoms with Crippen LogP contribution < -0.4 is 21.1 Å². The molecule has 2 unspecified atom stereocenters. The van der Waals surface area contributed by atoms with Crippen LogP contribution in [0.5, 0.6) is 0 Å². The van der Waals surface area contributed by atoms with Crippen molar-refractivity contribution in [3.63, 3.8) is 0 Å². The maximum absolute atomic E-state index is 13.2. The van der Waals surface area contributed by atoms with Crippen LogP contribution >= 0.6 is 0 Å². The van der Waals surface area contributed by atoms with Crippen LogP contribution in [-0.2, 0) is 20.5 Å². The van der Waals surface area contributed by atoms with Gasteiger partial charge in [-0.3, -0.25) is 15.0 Å². The minimum Gasteiger partial charge on any atom is -0.370 e. The zero-order valence-corrected chi connectivity index (χ0v) is 18.8. The summed E-state index contributed by atoms with van der Waals surface area (Å²) in [5, 5.41) is 2.71. The number of carbonyl (C=O) groups is 2. The maximum atomic E-state index is 13.2. The van der Waals surface area contributed by atoms with E-state index in [1.807, 2.05) is 5.43 Å². The molecule has 3 N–H and O–H groups in total. The number of nitrogens with one attached hydrogen (secondary N) is 3. The predicted octanol–water partition coefficient (Wildman–Crippen LogP) is 0.319. The van der Waals surface area contributed by atoms with Gasteiger partial charge in [0.15, 0.2) is 5.92 Å². The number of rotatable bonds is 8. The number of nitrogens with zero attached hydrogens (tertiary/aromatic N) is 4. The number of alkyl halides is 6. The summed E-state index contributed by atoms with van der Waals surface area (Å²) in [4.78, 5) is 34.4. The molecule has 2 aliphatic rings. The Balaban J connectivity index is 1.39. The van der Waals surface area contributed by atoms with Crippen molar-refractivity contribution in [1.82, 2.24) is 31.0 Å². The Morgan fingerprint density at radius 1 is 1.26 bits per heavy atom. The molecular weight excluding hydrogens is 488 g/mol. The van der Waals surface area contributed by atoms with Gasteiger partial charge in [0, 0.05) is 51.2 Å². The normalized spacial score (nSPS) is 22.4. The molecule has 2 aliphatic heterocycles. The molecule has 0 aliphatic carbocycles. The fourth-order valence-electron chi connectivity index (χ4n) is 3.69. The van der Waals surface area contributed by atoms with Crippen molar-refractivity contribution in [3.8, 4) is 0 Å². The minimum absolute atomic E-state index is 0.0710. The number of hydrogen-bond donors (Lipinski definition) is 3. The lowest BCUT2D eigenvalue weighted by Gasteiger charge is -2.43. The zero-order valence-electron chi connectivity index (χ0n) is 18.8. The Morgan fingerprint density at radius 3 is 2.46 bits per heavy atom. The molecule has 10 nitrogen and oxygen atoms in total. The third-order valence-corrected chi connectivity index (χ3v) is 5.71. The van der Waals surface area contributed by atoms with Crippen LogP contribution in [-0.4, -0.2) is 90.9 Å². The predicted molar refractivity (Wildman–Crippen MR) is 109 cm³/mol. The number of anilines is 1. The van der Waals surface area contributed by atoms with Gasteiger partial charge in [-0.25, -0.2) is 15.4 Å². The lowest BCUT2D eigenvalue weighted by molar-refractivity contribution is -0.193. The maximum Gasteiger partial charge on any atom is 0.419 e. The highest BCUT2D eigenvalue weighted by molar-refractivity contribution is 5.80. The van der Waals surface area contributed by atoms with Crippen molar-refractivity contribution in [3.05, 3.63) is 18.0 Å². The second-order valence-electron chi connectivity index (χ2n) is 8.41. The summed E-state index contributed by atoms with van der Waals surface area (Å²) < 4.78 is 82.7. The topological polar surface area (TPSA) is 112 Å². The van der Waals surface area contributed by atoms with Crippen molar-refractivity contribution in [2.75, 3.05) is 44.8 Å². The van der Waals surface area contributed by atoms with E-state index in [2.05, 4.69) is 20.7 Å². The molecule has 196 valence electrons. The Bertz CT molecular complexity index is 892. The Kier molecular flexibility index (Phi) is 8.06. The highest BCUT2D eigenvalue weighted by Gasteiger charge is 2.51. The molecule has 2 amide bonds. The first-order valence-electron chi connectivity index (χ1n) is 10.6. The van der Waals surface area contributed by atoms with E-state index >= 15 is 0 Å². The van der Waals surface area contributed by atoms with Gasteiger partial charge in [-0.15, -0.1) is 0 Å². The number of ether oxygens (including phenoxy) is 1. The number of halogens is 6. The first-order chi connectivity index (χ1) is 16.3. The van der Waals surface area contributed by atoms with Gasteiger partial charge < -0.3 is 19.9 Å². The van der Waals surface area contributed by atoms with E-state index < -0.39 is 41.8 Å². The van der Waals surface area contributed by atoms with E-state index in [1.54, 1.807) is 18.9 Å². The van der Waals surface area contributed by atoms with E-state index in [1.165, 1.54) is 4.90 Å². The van der Waals surface area contributed by atoms with Gasteiger partial charge in [-0.1, -0.05) is 0 Å². The fourth-order valence-corrected chi connectivity index (χ4v) is 3.69. The molecule has 0 aromatic carbocycles. The Hall–Kier alpha value is -2.72. The molecule has 3 atom stereocenters. The van der Waals surface area contributed by atoms with Crippen LogP contribution in [0.3, 0.4) is 0 Å². The molecule has 2 saturated heterocycles. The molecule has 1 aromatic rings. The van der Waals surface area contributed by atoms with Crippen molar-refractivity contribution in [2.24, 2.45) is 5.92 Å². The van der Waals surface area contributed by atoms with E-state index in [-0.39, 0.29) is 37.7 Å². The number of amides is 2. The molecule has 3 heterocycles. The summed E-state index contributed by atoms with van der Waals surface area (Å²) in [5.74, 6) is -3.65. The van der Waals surface area contributed by atoms with Crippen LogP contribution in [0.15, 0.2) is 12.4 Å². The van der Waals surface area contributed by atoms with Crippen molar-refractivity contribution >= 4 is 17.8 Å². The SMILES string of the molecule is C[C@@H](COCC(=O)N(C)C1CN(c2ncc(C(F)(F)F)cn2)C1)NC1CNNC(=O)C1C(F)(F)F. The Morgan fingerprint density at radius 2 is 1.89 bits per heavy atom. The quantitative estimate of drug-likeness (QED) is 0.427. The largest absolute Gasteiger partial charge is 0.419 e. The van der Waals surface area contributed by atoms with Crippen LogP contribution in [0.4, 0.5) is 32.3 Å². The number of carbonyl (C=O) groups excluding carboxylic acids is 2. The van der Waals surface area contributed by atoms with E-state index in [0.29, 0.717) is 25.5 Å². The van der Waals surface area contributed by atoms with Gasteiger partial charge in [0.2, 0.25) is 17.8 Å². The molecule has 3 rings (SSSR count). The van der Waals surface area contributed by atoms with Crippen molar-refractivity contribution < 1.29 is 40.7 Å². The van der Waals surface area contributed by atoms with Gasteiger partial charge >= 0.3 is 12.4 Å². The number of aromatic nitrogens is 2. The first-order valence-corrected chi connectivity index (χ1v) is 10.6. The summed E-state index contributed by atoms with van der Waals surface area (Å²) in [5.41, 5.74) is 3.42. The molecule has 0 spiro atoms. The molecular formula is C19H25F6N7O3. The highest BCUT2D eigenvalue weighted by atomic mass is 19.4. The summed E-state index contributed by atoms with van der Waals surface area (Å²) in [6.07, 6.45) is -7.86. The molecule has 0 radical (unpaired) electrons. The van der Waals surface area contributed by atoms with Gasteiger partial charge in [-0.05, 0) is 6.92 Å². The monoisotopic (exact) mass is 513 g/mol. The van der Waals surface area contributed by atoms with Crippen LogP contribution in [0, 0.1) is 5.92 Å². The van der Waals surface area contributed by atoms with E-state index in [4.69, 9.17) is 4.74 Å². The lowest BCUT2D eigenvalue weighted by atomic mass is 9.96. The standard InChI is InChI=1S/C19H25F6N7O3/c1-10(29-13-5-28-30-16(34)15(13)19(23,24)25)8-35-9-14(33)31(2)12-6-32(7-12)17-26-3-11(4-27-17)18(20,21)22/h3-4,10,12-13,15,28-29H,5-9H2,1-2H3,(H,30,34)/t10-,13?,15?/m0/s1. The fraction of sp³-hybridized carbons (Fsp3) is 0.684. The number of likely N-dealkylation sites (N-methyl/N-ethyl adjacent to an activating group) is 1. The van der Waals surface area contributed by atoms with Crippen LogP contribution in [0.25, 0.3) is 0 Å². The number of hydrazine groups is 1. The van der Waals surface area contributed by atoms with Gasteiger partial charge in [0.1, 0.15) is 6.61 Å². The molecule has 2 fully saturated rings. The molecule has 16 heteroatoms. The molecule has 0 saturated carbocycles. The van der Waals surface area contributed by atoms with Crippen molar-refractivity contribution in [1.29, 1.82) is 0 Å².